The van der Waals surface area contributed by atoms with E-state index in [0.717, 1.165) is 0 Å². The van der Waals surface area contributed by atoms with Gasteiger partial charge in [0.1, 0.15) is 0 Å². The standard InChI is InChI=1S/C10H9.C6H10.C4H10N.2CH3.H4Si.Ti/c1-8-6-9-4-2-3-5-10(9)7-8;1-3-5-6-4-2;1-4(2,3)5;;;;/h2-7H,1H3;3-6H,1-2H3;5H,1-3H3;2*1H3;1H4;/q;;-1;;;;+1. The van der Waals surface area contributed by atoms with E-state index in [1.165, 1.54) is 16.7 Å². The van der Waals surface area contributed by atoms with Gasteiger partial charge in [0.25, 0.3) is 0 Å². The number of benzene rings is 1. The van der Waals surface area contributed by atoms with Gasteiger partial charge < -0.3 is 0 Å². The molecule has 1 aromatic rings. The van der Waals surface area contributed by atoms with Crippen molar-refractivity contribution >= 4 is 17.0 Å². The maximum Gasteiger partial charge on any atom is -0.0149 e. The van der Waals surface area contributed by atoms with Crippen molar-refractivity contribution in [3.05, 3.63) is 65.3 Å². The molecule has 140 valence electrons. The molecule has 1 N–H and O–H groups in total. The molecule has 1 nitrogen and oxygen atoms in total. The molecule has 0 radical (unpaired) electrons. The predicted molar refractivity (Wildman–Crippen MR) is 118 cm³/mol. The van der Waals surface area contributed by atoms with E-state index in [-0.39, 0.29) is 16.5 Å². The molecule has 0 spiro atoms. The minimum absolute atomic E-state index is 0. The second-order valence-electron chi connectivity index (χ2n) is 8.10. The molecular weight excluding hydrogens is 354 g/mol. The van der Waals surface area contributed by atoms with Crippen molar-refractivity contribution in [2.24, 2.45) is 0 Å². The topological polar surface area (TPSA) is 12.0 Å². The zero-order valence-corrected chi connectivity index (χ0v) is 18.3. The number of hydrogen-bond acceptors (Lipinski definition) is 1. The van der Waals surface area contributed by atoms with Gasteiger partial charge in [0.05, 0.1) is 0 Å². The van der Waals surface area contributed by atoms with Crippen molar-refractivity contribution in [1.82, 2.24) is 3.80 Å². The van der Waals surface area contributed by atoms with Crippen LogP contribution in [0, 0.1) is 0 Å². The summed E-state index contributed by atoms with van der Waals surface area (Å²) in [4.78, 5) is 0. The summed E-state index contributed by atoms with van der Waals surface area (Å²) in [7, 11) is 0. The van der Waals surface area contributed by atoms with Crippen molar-refractivity contribution in [2.45, 2.75) is 61.8 Å². The molecule has 0 fully saturated rings. The Kier molecular flexibility index (Phi) is 10.2. The first kappa shape index (κ1) is 24.3. The minimum atomic E-state index is -2.10. The van der Waals surface area contributed by atoms with Crippen LogP contribution in [0.4, 0.5) is 0 Å². The zero-order chi connectivity index (χ0) is 18.4. The quantitative estimate of drug-likeness (QED) is 0.537. The van der Waals surface area contributed by atoms with Crippen molar-refractivity contribution < 1.29 is 16.8 Å². The van der Waals surface area contributed by atoms with E-state index in [1.54, 1.807) is 0 Å². The molecule has 0 heterocycles. The van der Waals surface area contributed by atoms with E-state index >= 15 is 0 Å². The molecule has 0 saturated carbocycles. The molecular formula is C22H39NSiTi. The maximum atomic E-state index is 3.96. The van der Waals surface area contributed by atoms with Crippen LogP contribution < -0.4 is 3.80 Å². The van der Waals surface area contributed by atoms with E-state index < -0.39 is 16.8 Å². The summed E-state index contributed by atoms with van der Waals surface area (Å²) in [6, 6.07) is 8.87. The van der Waals surface area contributed by atoms with Crippen molar-refractivity contribution in [3.8, 4) is 0 Å². The molecule has 0 amide bonds. The van der Waals surface area contributed by atoms with Gasteiger partial charge in [0.15, 0.2) is 0 Å². The van der Waals surface area contributed by atoms with Crippen LogP contribution in [0.3, 0.4) is 0 Å². The summed E-state index contributed by atoms with van der Waals surface area (Å²) >= 11 is -2.10. The Hall–Kier alpha value is -0.669. The summed E-state index contributed by atoms with van der Waals surface area (Å²) < 4.78 is 4.61. The van der Waals surface area contributed by atoms with E-state index in [4.69, 9.17) is 0 Å². The Balaban J connectivity index is 0.000000715. The number of allylic oxidation sites excluding steroid dienone is 5. The number of fused-ring (bicyclic) bond motifs is 1. The first-order valence-electron chi connectivity index (χ1n) is 8.93. The monoisotopic (exact) mass is 393 g/mol. The number of rotatable bonds is 3. The molecule has 1 aromatic carbocycles. The fourth-order valence-corrected chi connectivity index (χ4v) is 10.5. The predicted octanol–water partition coefficient (Wildman–Crippen LogP) is 5.38. The van der Waals surface area contributed by atoms with Gasteiger partial charge in [-0.3, -0.25) is 0 Å². The Bertz CT molecular complexity index is 611. The second kappa shape index (κ2) is 10.5. The third kappa shape index (κ3) is 7.62. The maximum absolute atomic E-state index is 3.96. The molecule has 1 atom stereocenters. The van der Waals surface area contributed by atoms with Crippen LogP contribution in [-0.4, -0.2) is 16.5 Å². The summed E-state index contributed by atoms with van der Waals surface area (Å²) in [6.45, 7) is 13.1. The van der Waals surface area contributed by atoms with Gasteiger partial charge in [-0.2, -0.15) is 0 Å². The van der Waals surface area contributed by atoms with E-state index in [2.05, 4.69) is 72.3 Å². The average Bonchev–Trinajstić information content (AvgIpc) is 2.79. The van der Waals surface area contributed by atoms with Crippen molar-refractivity contribution in [2.75, 3.05) is 0 Å². The summed E-state index contributed by atoms with van der Waals surface area (Å²) in [6.07, 6.45) is 10.4. The fourth-order valence-electron chi connectivity index (χ4n) is 3.70. The fraction of sp³-hybridized carbons (Fsp3) is 0.455. The molecule has 0 aliphatic heterocycles. The molecule has 3 heteroatoms. The van der Waals surface area contributed by atoms with Crippen molar-refractivity contribution in [3.63, 3.8) is 0 Å². The average molecular weight is 394 g/mol. The van der Waals surface area contributed by atoms with Crippen LogP contribution in [0.1, 0.15) is 56.9 Å². The van der Waals surface area contributed by atoms with Crippen LogP contribution >= 0.6 is 0 Å². The Labute approximate surface area is 164 Å². The van der Waals surface area contributed by atoms with Crippen LogP contribution in [0.2, 0.25) is 10.5 Å². The third-order valence-corrected chi connectivity index (χ3v) is 9.69. The summed E-state index contributed by atoms with van der Waals surface area (Å²) in [5.41, 5.74) is 4.71. The van der Waals surface area contributed by atoms with E-state index in [1.807, 2.05) is 38.2 Å². The molecule has 0 saturated heterocycles. The summed E-state index contributed by atoms with van der Waals surface area (Å²) in [5.74, 6) is 0. The van der Waals surface area contributed by atoms with E-state index in [0.29, 0.717) is 4.22 Å². The molecule has 0 bridgehead atoms. The second-order valence-corrected chi connectivity index (χ2v) is 14.8. The molecule has 1 aliphatic carbocycles. The van der Waals surface area contributed by atoms with Gasteiger partial charge in [-0.15, -0.1) is 0 Å². The van der Waals surface area contributed by atoms with Gasteiger partial charge in [-0.1, -0.05) is 24.3 Å². The molecule has 1 unspecified atom stereocenters. The molecule has 2 rings (SSSR count). The van der Waals surface area contributed by atoms with Crippen LogP contribution in [0.5, 0.6) is 0 Å². The number of hydrogen-bond donors (Lipinski definition) is 1. The minimum Gasteiger partial charge on any atom is -0.0877 e. The van der Waals surface area contributed by atoms with Gasteiger partial charge in [-0.25, -0.2) is 0 Å². The van der Waals surface area contributed by atoms with Gasteiger partial charge >= 0.3 is 116 Å². The molecule has 1 aliphatic rings. The van der Waals surface area contributed by atoms with Gasteiger partial charge in [0, 0.05) is 0 Å². The SMILES string of the molecule is CC1=Cc2ccccc2[CH]1[Ti]([CH3])([CH3])[NH]C(C)(C)C.CC=CC=CC.[SiH4]. The first-order valence-corrected chi connectivity index (χ1v) is 13.7. The molecule has 25 heavy (non-hydrogen) atoms. The zero-order valence-electron chi connectivity index (χ0n) is 16.8. The third-order valence-electron chi connectivity index (χ3n) is 4.06. The van der Waals surface area contributed by atoms with Crippen LogP contribution in [-0.2, 0) is 16.8 Å². The van der Waals surface area contributed by atoms with Crippen molar-refractivity contribution in [1.29, 1.82) is 0 Å². The van der Waals surface area contributed by atoms with Crippen LogP contribution in [0.15, 0.2) is 54.1 Å². The molecule has 0 aromatic heterocycles. The summed E-state index contributed by atoms with van der Waals surface area (Å²) in [5, 5.41) is 4.99. The Morgan fingerprint density at radius 1 is 1.00 bits per heavy atom. The van der Waals surface area contributed by atoms with E-state index in [9.17, 15) is 0 Å². The van der Waals surface area contributed by atoms with Gasteiger partial charge in [0.2, 0.25) is 0 Å². The largest absolute Gasteiger partial charge is 0.0877 e. The normalized spacial score (nSPS) is 17.0. The Morgan fingerprint density at radius 3 is 2.00 bits per heavy atom. The smallest absolute Gasteiger partial charge is 0.0149 e. The Morgan fingerprint density at radius 2 is 1.52 bits per heavy atom. The van der Waals surface area contributed by atoms with Gasteiger partial charge in [-0.05, 0) is 24.8 Å². The first-order chi connectivity index (χ1) is 11.1. The van der Waals surface area contributed by atoms with Crippen LogP contribution in [0.25, 0.3) is 6.08 Å². The number of nitrogens with one attached hydrogen (secondary N) is 1.